The summed E-state index contributed by atoms with van der Waals surface area (Å²) in [5.41, 5.74) is 4.70. The summed E-state index contributed by atoms with van der Waals surface area (Å²) in [7, 11) is 2.12. The van der Waals surface area contributed by atoms with Crippen molar-refractivity contribution in [2.45, 2.75) is 58.0 Å². The summed E-state index contributed by atoms with van der Waals surface area (Å²) >= 11 is 3.56. The Bertz CT molecular complexity index is 1300. The molecule has 218 valence electrons. The average Bonchev–Trinajstić information content (AvgIpc) is 3.72. The van der Waals surface area contributed by atoms with Crippen LogP contribution in [0.4, 0.5) is 8.78 Å². The number of halogens is 3. The molecule has 0 aromatic heterocycles. The Kier molecular flexibility index (Phi) is 12.5. The van der Waals surface area contributed by atoms with E-state index in [1.807, 2.05) is 24.3 Å². The molecular formula is C34H40BrF2N3O. The Morgan fingerprint density at radius 2 is 1.78 bits per heavy atom. The summed E-state index contributed by atoms with van der Waals surface area (Å²) in [4.78, 5) is 15.0. The molecule has 0 radical (unpaired) electrons. The highest BCUT2D eigenvalue weighted by molar-refractivity contribution is 9.10. The van der Waals surface area contributed by atoms with Crippen LogP contribution in [0.3, 0.4) is 0 Å². The van der Waals surface area contributed by atoms with Gasteiger partial charge in [0.15, 0.2) is 0 Å². The maximum Gasteiger partial charge on any atom is 0.251 e. The van der Waals surface area contributed by atoms with Crippen LogP contribution in [0.1, 0.15) is 71.6 Å². The van der Waals surface area contributed by atoms with Crippen molar-refractivity contribution in [3.63, 3.8) is 0 Å². The molecule has 4 nitrogen and oxygen atoms in total. The number of hydrogen-bond donors (Lipinski definition) is 2. The lowest BCUT2D eigenvalue weighted by molar-refractivity contribution is 0.0953. The normalized spacial score (nSPS) is 13.2. The number of benzene rings is 3. The minimum Gasteiger partial charge on any atom is -0.352 e. The van der Waals surface area contributed by atoms with Gasteiger partial charge in [0.2, 0.25) is 0 Å². The molecule has 0 atom stereocenters. The van der Waals surface area contributed by atoms with Crippen molar-refractivity contribution < 1.29 is 13.6 Å². The highest BCUT2D eigenvalue weighted by atomic mass is 79.9. The molecule has 1 fully saturated rings. The summed E-state index contributed by atoms with van der Waals surface area (Å²) < 4.78 is 25.3. The van der Waals surface area contributed by atoms with E-state index < -0.39 is 11.6 Å². The van der Waals surface area contributed by atoms with E-state index in [-0.39, 0.29) is 11.4 Å². The zero-order chi connectivity index (χ0) is 29.8. The van der Waals surface area contributed by atoms with E-state index in [4.69, 9.17) is 6.42 Å². The van der Waals surface area contributed by atoms with E-state index in [2.05, 4.69) is 69.6 Å². The van der Waals surface area contributed by atoms with Crippen molar-refractivity contribution in [3.8, 4) is 12.3 Å². The lowest BCUT2D eigenvalue weighted by atomic mass is 10.0. The van der Waals surface area contributed by atoms with Crippen molar-refractivity contribution in [1.29, 1.82) is 0 Å². The first-order valence-corrected chi connectivity index (χ1v) is 14.9. The van der Waals surface area contributed by atoms with E-state index in [0.717, 1.165) is 60.6 Å². The third kappa shape index (κ3) is 10.7. The lowest BCUT2D eigenvalue weighted by Crippen LogP contribution is -2.33. The van der Waals surface area contributed by atoms with Crippen molar-refractivity contribution in [3.05, 3.63) is 105 Å². The highest BCUT2D eigenvalue weighted by Gasteiger charge is 2.43. The predicted octanol–water partition coefficient (Wildman–Crippen LogP) is 7.33. The van der Waals surface area contributed by atoms with Gasteiger partial charge in [-0.25, -0.2) is 8.78 Å². The minimum absolute atomic E-state index is 0.0217. The molecule has 41 heavy (non-hydrogen) atoms. The van der Waals surface area contributed by atoms with Gasteiger partial charge in [-0.3, -0.25) is 4.79 Å². The average molecular weight is 625 g/mol. The van der Waals surface area contributed by atoms with Crippen LogP contribution in [-0.4, -0.2) is 37.5 Å². The summed E-state index contributed by atoms with van der Waals surface area (Å²) in [5, 5.41) is 6.74. The van der Waals surface area contributed by atoms with E-state index in [1.165, 1.54) is 30.5 Å². The second-order valence-corrected chi connectivity index (χ2v) is 11.6. The van der Waals surface area contributed by atoms with Gasteiger partial charge in [0.1, 0.15) is 11.6 Å². The molecule has 0 unspecified atom stereocenters. The molecule has 1 saturated carbocycles. The van der Waals surface area contributed by atoms with Gasteiger partial charge in [-0.1, -0.05) is 47.3 Å². The molecule has 2 N–H and O–H groups in total. The lowest BCUT2D eigenvalue weighted by Gasteiger charge is -2.18. The van der Waals surface area contributed by atoms with Crippen molar-refractivity contribution in [2.24, 2.45) is 0 Å². The predicted molar refractivity (Wildman–Crippen MR) is 167 cm³/mol. The molecule has 0 bridgehead atoms. The number of terminal acetylenes is 1. The van der Waals surface area contributed by atoms with Crippen LogP contribution in [0.5, 0.6) is 0 Å². The number of amides is 1. The topological polar surface area (TPSA) is 44.4 Å². The molecule has 0 heterocycles. The van der Waals surface area contributed by atoms with Crippen LogP contribution in [0.15, 0.2) is 65.1 Å². The second-order valence-electron chi connectivity index (χ2n) is 10.7. The van der Waals surface area contributed by atoms with Gasteiger partial charge in [0, 0.05) is 40.3 Å². The van der Waals surface area contributed by atoms with Crippen LogP contribution in [0.2, 0.25) is 0 Å². The largest absolute Gasteiger partial charge is 0.352 e. The first-order chi connectivity index (χ1) is 19.6. The number of rotatable bonds is 12. The van der Waals surface area contributed by atoms with Gasteiger partial charge >= 0.3 is 0 Å². The minimum atomic E-state index is -0.521. The number of aryl methyl sites for hydroxylation is 1. The van der Waals surface area contributed by atoms with Crippen LogP contribution < -0.4 is 10.6 Å². The van der Waals surface area contributed by atoms with E-state index in [1.54, 1.807) is 6.92 Å². The first-order valence-electron chi connectivity index (χ1n) is 14.1. The Labute approximate surface area is 252 Å². The summed E-state index contributed by atoms with van der Waals surface area (Å²) in [5.74, 6) is 1.65. The third-order valence-electron chi connectivity index (χ3n) is 7.01. The molecule has 3 aromatic rings. The zero-order valence-corrected chi connectivity index (χ0v) is 25.8. The van der Waals surface area contributed by atoms with Gasteiger partial charge in [0.25, 0.3) is 5.91 Å². The second kappa shape index (κ2) is 15.8. The zero-order valence-electron chi connectivity index (χ0n) is 24.2. The highest BCUT2D eigenvalue weighted by Crippen LogP contribution is 2.45. The van der Waals surface area contributed by atoms with Crippen molar-refractivity contribution >= 4 is 21.8 Å². The number of nitrogens with zero attached hydrogens (tertiary/aromatic N) is 1. The number of hydrogen-bond acceptors (Lipinski definition) is 3. The molecule has 0 spiro atoms. The van der Waals surface area contributed by atoms with Gasteiger partial charge in [-0.2, -0.15) is 0 Å². The summed E-state index contributed by atoms with van der Waals surface area (Å²) in [6.07, 6.45) is 11.0. The number of nitrogens with one attached hydrogen (secondary N) is 2. The molecule has 0 aliphatic heterocycles. The van der Waals surface area contributed by atoms with Gasteiger partial charge < -0.3 is 15.5 Å². The first kappa shape index (κ1) is 32.5. The molecular weight excluding hydrogens is 584 g/mol. The Balaban J connectivity index is 0.000000436. The number of carbonyl (C=O) groups excluding carboxylic acids is 1. The standard InChI is InChI=1S/C27H34BrN3O.C7H6F2/c1-4-6-15-31(3)20-22-16-23(19-25(28)18-22)26(32)29-13-8-14-30-27(11-12-27)24-10-7-9-21(5-2)17-24;1-5-2-6(8)4-7(9)3-5/h2,7,9-10,16-19,30H,4,6,8,11-15,20H2,1,3H3,(H,29,32);2-4H,1H3. The Morgan fingerprint density at radius 1 is 1.05 bits per heavy atom. The SMILES string of the molecule is C#Cc1cccc(C2(NCCCNC(=O)c3cc(Br)cc(CN(C)CCCC)c3)CC2)c1.Cc1cc(F)cc(F)c1. The van der Waals surface area contributed by atoms with Gasteiger partial charge in [0.05, 0.1) is 0 Å². The third-order valence-corrected chi connectivity index (χ3v) is 7.46. The maximum atomic E-state index is 12.7. The summed E-state index contributed by atoms with van der Waals surface area (Å²) in [6, 6.07) is 17.6. The van der Waals surface area contributed by atoms with Crippen LogP contribution in [0, 0.1) is 30.9 Å². The molecule has 0 saturated heterocycles. The monoisotopic (exact) mass is 623 g/mol. The molecule has 1 amide bonds. The Hall–Kier alpha value is -3.05. The molecule has 1 aliphatic carbocycles. The smallest absolute Gasteiger partial charge is 0.251 e. The fourth-order valence-electron chi connectivity index (χ4n) is 4.70. The fraction of sp³-hybridized carbons (Fsp3) is 0.382. The maximum absolute atomic E-state index is 12.7. The van der Waals surface area contributed by atoms with E-state index in [9.17, 15) is 13.6 Å². The van der Waals surface area contributed by atoms with Crippen molar-refractivity contribution in [2.75, 3.05) is 26.7 Å². The van der Waals surface area contributed by atoms with Gasteiger partial charge in [-0.15, -0.1) is 6.42 Å². The van der Waals surface area contributed by atoms with E-state index >= 15 is 0 Å². The van der Waals surface area contributed by atoms with Crippen LogP contribution in [0.25, 0.3) is 0 Å². The van der Waals surface area contributed by atoms with Gasteiger partial charge in [-0.05, 0) is 112 Å². The summed E-state index contributed by atoms with van der Waals surface area (Å²) in [6.45, 7) is 7.24. The van der Waals surface area contributed by atoms with Crippen molar-refractivity contribution in [1.82, 2.24) is 15.5 Å². The quantitative estimate of drug-likeness (QED) is 0.164. The number of unbranched alkanes of at least 4 members (excludes halogenated alkanes) is 1. The molecule has 4 rings (SSSR count). The van der Waals surface area contributed by atoms with E-state index in [0.29, 0.717) is 17.7 Å². The molecule has 3 aromatic carbocycles. The molecule has 7 heteroatoms. The number of carbonyl (C=O) groups is 1. The fourth-order valence-corrected chi connectivity index (χ4v) is 5.24. The van der Waals surface area contributed by atoms with Crippen LogP contribution in [-0.2, 0) is 12.1 Å². The Morgan fingerprint density at radius 3 is 2.41 bits per heavy atom. The van der Waals surface area contributed by atoms with Crippen LogP contribution >= 0.6 is 15.9 Å². The molecule has 1 aliphatic rings.